The van der Waals surface area contributed by atoms with Gasteiger partial charge in [0.15, 0.2) is 0 Å². The second-order valence-corrected chi connectivity index (χ2v) is 13.8. The van der Waals surface area contributed by atoms with E-state index in [1.165, 1.54) is 32.1 Å². The van der Waals surface area contributed by atoms with E-state index in [9.17, 15) is 14.4 Å². The van der Waals surface area contributed by atoms with Gasteiger partial charge in [0.05, 0.1) is 19.8 Å². The summed E-state index contributed by atoms with van der Waals surface area (Å²) in [6.45, 7) is 8.46. The standard InChI is InChI=1S/C41H71NO8/c1-6-9-12-15-18-23-39(43)48-28-22-21-27-46-37-30-35(33-42(4)5)31-38(32-37)47-29-26-36(50-41(45)25-20-17-14-11-8-3)34-49-40(44)24-19-16-13-10-7-2/h30-32,36H,6-29,33-34H2,1-5H3/t36-/m1/s1. The van der Waals surface area contributed by atoms with Gasteiger partial charge in [-0.25, -0.2) is 0 Å². The maximum Gasteiger partial charge on any atom is 0.306 e. The molecule has 0 aliphatic carbocycles. The van der Waals surface area contributed by atoms with Crippen LogP contribution in [0.25, 0.3) is 0 Å². The lowest BCUT2D eigenvalue weighted by atomic mass is 10.1. The summed E-state index contributed by atoms with van der Waals surface area (Å²) in [7, 11) is 4.02. The van der Waals surface area contributed by atoms with Crippen LogP contribution in [0.2, 0.25) is 0 Å². The molecule has 1 aromatic rings. The van der Waals surface area contributed by atoms with E-state index in [1.807, 2.05) is 32.3 Å². The maximum atomic E-state index is 12.7. The Balaban J connectivity index is 2.64. The first-order valence-corrected chi connectivity index (χ1v) is 19.8. The van der Waals surface area contributed by atoms with E-state index >= 15 is 0 Å². The average molecular weight is 706 g/mol. The predicted molar refractivity (Wildman–Crippen MR) is 201 cm³/mol. The Labute approximate surface area is 304 Å². The molecule has 0 heterocycles. The number of benzene rings is 1. The first kappa shape index (κ1) is 45.2. The zero-order valence-corrected chi connectivity index (χ0v) is 32.4. The minimum Gasteiger partial charge on any atom is -0.493 e. The van der Waals surface area contributed by atoms with Crippen LogP contribution < -0.4 is 9.47 Å². The van der Waals surface area contributed by atoms with E-state index in [1.54, 1.807) is 0 Å². The van der Waals surface area contributed by atoms with Crippen LogP contribution in [0.4, 0.5) is 0 Å². The number of hydrogen-bond acceptors (Lipinski definition) is 9. The number of carbonyl (C=O) groups excluding carboxylic acids is 3. The minimum absolute atomic E-state index is 0.0298. The Kier molecular flexibility index (Phi) is 28.0. The number of nitrogens with zero attached hydrogens (tertiary/aromatic N) is 1. The smallest absolute Gasteiger partial charge is 0.306 e. The van der Waals surface area contributed by atoms with Gasteiger partial charge in [-0.1, -0.05) is 97.8 Å². The predicted octanol–water partition coefficient (Wildman–Crippen LogP) is 9.76. The van der Waals surface area contributed by atoms with E-state index in [0.717, 1.165) is 89.2 Å². The molecule has 0 spiro atoms. The van der Waals surface area contributed by atoms with Crippen molar-refractivity contribution in [3.05, 3.63) is 23.8 Å². The third-order valence-electron chi connectivity index (χ3n) is 8.40. The van der Waals surface area contributed by atoms with Gasteiger partial charge in [-0.15, -0.1) is 0 Å². The van der Waals surface area contributed by atoms with Crippen molar-refractivity contribution < 1.29 is 38.1 Å². The Morgan fingerprint density at radius 3 is 1.58 bits per heavy atom. The molecule has 9 heteroatoms. The lowest BCUT2D eigenvalue weighted by molar-refractivity contribution is -0.160. The third kappa shape index (κ3) is 26.1. The summed E-state index contributed by atoms with van der Waals surface area (Å²) in [5.74, 6) is 0.746. The van der Waals surface area contributed by atoms with Crippen LogP contribution in [-0.2, 0) is 35.1 Å². The van der Waals surface area contributed by atoms with Gasteiger partial charge >= 0.3 is 17.9 Å². The van der Waals surface area contributed by atoms with Gasteiger partial charge in [0.1, 0.15) is 24.2 Å². The molecule has 50 heavy (non-hydrogen) atoms. The minimum atomic E-state index is -0.571. The van der Waals surface area contributed by atoms with E-state index in [0.29, 0.717) is 50.4 Å². The number of carbonyl (C=O) groups is 3. The van der Waals surface area contributed by atoms with Crippen molar-refractivity contribution in [2.24, 2.45) is 0 Å². The van der Waals surface area contributed by atoms with Crippen molar-refractivity contribution in [2.45, 2.75) is 168 Å². The summed E-state index contributed by atoms with van der Waals surface area (Å²) < 4.78 is 28.9. The molecule has 0 aliphatic rings. The third-order valence-corrected chi connectivity index (χ3v) is 8.40. The van der Waals surface area contributed by atoms with Crippen LogP contribution in [0.15, 0.2) is 18.2 Å². The summed E-state index contributed by atoms with van der Waals surface area (Å²) >= 11 is 0. The van der Waals surface area contributed by atoms with Crippen LogP contribution in [0.5, 0.6) is 11.5 Å². The lowest BCUT2D eigenvalue weighted by Crippen LogP contribution is -2.27. The quantitative estimate of drug-likeness (QED) is 0.0402. The highest BCUT2D eigenvalue weighted by atomic mass is 16.6. The largest absolute Gasteiger partial charge is 0.493 e. The molecule has 0 bridgehead atoms. The molecule has 0 amide bonds. The van der Waals surface area contributed by atoms with Gasteiger partial charge in [-0.2, -0.15) is 0 Å². The maximum absolute atomic E-state index is 12.7. The molecule has 1 aromatic carbocycles. The lowest BCUT2D eigenvalue weighted by Gasteiger charge is -2.19. The average Bonchev–Trinajstić information content (AvgIpc) is 3.08. The van der Waals surface area contributed by atoms with E-state index in [-0.39, 0.29) is 31.1 Å². The number of hydrogen-bond donors (Lipinski definition) is 0. The summed E-state index contributed by atoms with van der Waals surface area (Å²) in [5, 5.41) is 0. The van der Waals surface area contributed by atoms with Gasteiger partial charge in [0.2, 0.25) is 0 Å². The molecular formula is C41H71NO8. The molecule has 9 nitrogen and oxygen atoms in total. The number of unbranched alkanes of at least 4 members (excludes halogenated alkanes) is 13. The molecule has 0 saturated heterocycles. The fraction of sp³-hybridized carbons (Fsp3) is 0.780. The van der Waals surface area contributed by atoms with Crippen molar-refractivity contribution in [2.75, 3.05) is 40.5 Å². The molecule has 0 fully saturated rings. The van der Waals surface area contributed by atoms with Crippen LogP contribution in [0.1, 0.15) is 161 Å². The number of ether oxygens (including phenoxy) is 5. The first-order chi connectivity index (χ1) is 24.3. The van der Waals surface area contributed by atoms with E-state index < -0.39 is 6.10 Å². The summed E-state index contributed by atoms with van der Waals surface area (Å²) in [6, 6.07) is 5.87. The SMILES string of the molecule is CCCCCCCC(=O)OCCCCOc1cc(CN(C)C)cc(OCC[C@H](COC(=O)CCCCCCC)OC(=O)CCCCCCC)c1. The van der Waals surface area contributed by atoms with Crippen molar-refractivity contribution >= 4 is 17.9 Å². The van der Waals surface area contributed by atoms with Crippen molar-refractivity contribution in [1.82, 2.24) is 4.90 Å². The molecule has 0 unspecified atom stereocenters. The van der Waals surface area contributed by atoms with Crippen molar-refractivity contribution in [3.8, 4) is 11.5 Å². The van der Waals surface area contributed by atoms with Crippen LogP contribution in [-0.4, -0.2) is 69.4 Å². The molecular weight excluding hydrogens is 634 g/mol. The molecule has 0 saturated carbocycles. The molecule has 0 aromatic heterocycles. The highest BCUT2D eigenvalue weighted by Crippen LogP contribution is 2.25. The zero-order valence-electron chi connectivity index (χ0n) is 32.4. The normalized spacial score (nSPS) is 11.7. The van der Waals surface area contributed by atoms with Crippen molar-refractivity contribution in [3.63, 3.8) is 0 Å². The number of esters is 3. The molecule has 0 N–H and O–H groups in total. The zero-order chi connectivity index (χ0) is 36.7. The Morgan fingerprint density at radius 2 is 1.04 bits per heavy atom. The monoisotopic (exact) mass is 706 g/mol. The summed E-state index contributed by atoms with van der Waals surface area (Å²) in [6.07, 6.45) is 18.7. The second kappa shape index (κ2) is 31.0. The Morgan fingerprint density at radius 1 is 0.560 bits per heavy atom. The molecule has 0 aliphatic heterocycles. The van der Waals surface area contributed by atoms with E-state index in [4.69, 9.17) is 23.7 Å². The van der Waals surface area contributed by atoms with Gasteiger partial charge < -0.3 is 28.6 Å². The van der Waals surface area contributed by atoms with Crippen molar-refractivity contribution in [1.29, 1.82) is 0 Å². The Bertz CT molecular complexity index is 1010. The topological polar surface area (TPSA) is 101 Å². The molecule has 1 atom stereocenters. The highest BCUT2D eigenvalue weighted by Gasteiger charge is 2.18. The summed E-state index contributed by atoms with van der Waals surface area (Å²) in [5.41, 5.74) is 1.05. The fourth-order valence-corrected chi connectivity index (χ4v) is 5.51. The van der Waals surface area contributed by atoms with Crippen LogP contribution in [0, 0.1) is 0 Å². The second-order valence-electron chi connectivity index (χ2n) is 13.8. The van der Waals surface area contributed by atoms with Crippen LogP contribution in [0.3, 0.4) is 0 Å². The molecule has 0 radical (unpaired) electrons. The van der Waals surface area contributed by atoms with Gasteiger partial charge in [0.25, 0.3) is 0 Å². The van der Waals surface area contributed by atoms with Crippen LogP contribution >= 0.6 is 0 Å². The van der Waals surface area contributed by atoms with Gasteiger partial charge in [-0.05, 0) is 63.9 Å². The van der Waals surface area contributed by atoms with Gasteiger partial charge in [-0.3, -0.25) is 14.4 Å². The molecule has 1 rings (SSSR count). The first-order valence-electron chi connectivity index (χ1n) is 19.8. The van der Waals surface area contributed by atoms with E-state index in [2.05, 4.69) is 25.7 Å². The Hall–Kier alpha value is -2.81. The summed E-state index contributed by atoms with van der Waals surface area (Å²) in [4.78, 5) is 39.1. The highest BCUT2D eigenvalue weighted by molar-refractivity contribution is 5.70. The van der Waals surface area contributed by atoms with Gasteiger partial charge in [0, 0.05) is 38.3 Å². The molecule has 288 valence electrons. The number of rotatable bonds is 33. The fourth-order valence-electron chi connectivity index (χ4n) is 5.51.